The van der Waals surface area contributed by atoms with Crippen molar-refractivity contribution in [1.29, 1.82) is 0 Å². The van der Waals surface area contributed by atoms with Gasteiger partial charge in [0.05, 0.1) is 12.7 Å². The number of anilines is 1. The minimum atomic E-state index is -4.16. The van der Waals surface area contributed by atoms with E-state index in [4.69, 9.17) is 4.74 Å². The summed E-state index contributed by atoms with van der Waals surface area (Å²) in [5.41, 5.74) is 1.59. The van der Waals surface area contributed by atoms with Gasteiger partial charge in [-0.25, -0.2) is 9.59 Å². The maximum atomic E-state index is 12.5. The zero-order valence-electron chi connectivity index (χ0n) is 14.7. The third kappa shape index (κ3) is 4.53. The molecule has 0 atom stereocenters. The van der Waals surface area contributed by atoms with E-state index in [1.54, 1.807) is 18.2 Å². The molecule has 0 spiro atoms. The molecule has 3 rings (SSSR count). The Balaban J connectivity index is 1.61. The Morgan fingerprint density at radius 3 is 2.63 bits per heavy atom. The van der Waals surface area contributed by atoms with Gasteiger partial charge in [-0.3, -0.25) is 0 Å². The monoisotopic (exact) mass is 383 g/mol. The van der Waals surface area contributed by atoms with Crippen molar-refractivity contribution in [1.82, 2.24) is 9.88 Å². The molecular weight excluding hydrogens is 363 g/mol. The number of nitrogens with zero attached hydrogens (tertiary/aromatic N) is 1. The van der Waals surface area contributed by atoms with Crippen LogP contribution in [0.25, 0.3) is 10.9 Å². The number of amides is 2. The summed E-state index contributed by atoms with van der Waals surface area (Å²) >= 11 is 0. The summed E-state index contributed by atoms with van der Waals surface area (Å²) in [4.78, 5) is 28.5. The number of fused-ring (bicyclic) bond motifs is 1. The number of carbonyl (C=O) groups excluding carboxylic acids is 2. The second kappa shape index (κ2) is 7.50. The average molecular weight is 383 g/mol. The smallest absolute Gasteiger partial charge is 0.389 e. The molecule has 0 radical (unpaired) electrons. The standard InChI is InChI=1S/C18H20F3N3O3/c1-27-16(25)14-10-22-15-8-12(2-3-13(14)15)23-17(26)24-6-4-11(5-7-24)9-18(19,20)21/h2-3,8,10-11,22H,4-7,9H2,1H3,(H,23,26). The van der Waals surface area contributed by atoms with Crippen molar-refractivity contribution in [2.75, 3.05) is 25.5 Å². The van der Waals surface area contributed by atoms with Crippen LogP contribution in [0.15, 0.2) is 24.4 Å². The van der Waals surface area contributed by atoms with Crippen LogP contribution >= 0.6 is 0 Å². The zero-order chi connectivity index (χ0) is 19.6. The van der Waals surface area contributed by atoms with Gasteiger partial charge in [0, 0.05) is 42.3 Å². The van der Waals surface area contributed by atoms with Gasteiger partial charge >= 0.3 is 18.2 Å². The van der Waals surface area contributed by atoms with E-state index in [1.807, 2.05) is 0 Å². The van der Waals surface area contributed by atoms with E-state index < -0.39 is 24.5 Å². The highest BCUT2D eigenvalue weighted by Gasteiger charge is 2.34. The summed E-state index contributed by atoms with van der Waals surface area (Å²) < 4.78 is 42.1. The van der Waals surface area contributed by atoms with Crippen LogP contribution in [-0.4, -0.2) is 48.3 Å². The van der Waals surface area contributed by atoms with Gasteiger partial charge < -0.3 is 19.9 Å². The molecule has 1 saturated heterocycles. The largest absolute Gasteiger partial charge is 0.465 e. The number of aromatic amines is 1. The number of esters is 1. The fourth-order valence-electron chi connectivity index (χ4n) is 3.35. The molecule has 9 heteroatoms. The van der Waals surface area contributed by atoms with Crippen LogP contribution in [0, 0.1) is 5.92 Å². The van der Waals surface area contributed by atoms with Gasteiger partial charge in [-0.15, -0.1) is 0 Å². The predicted molar refractivity (Wildman–Crippen MR) is 93.6 cm³/mol. The second-order valence-corrected chi connectivity index (χ2v) is 6.63. The van der Waals surface area contributed by atoms with E-state index in [1.165, 1.54) is 18.2 Å². The van der Waals surface area contributed by atoms with E-state index in [-0.39, 0.29) is 6.03 Å². The molecule has 2 amide bonds. The van der Waals surface area contributed by atoms with E-state index >= 15 is 0 Å². The minimum Gasteiger partial charge on any atom is -0.465 e. The Morgan fingerprint density at radius 2 is 2.00 bits per heavy atom. The maximum absolute atomic E-state index is 12.5. The number of benzene rings is 1. The number of alkyl halides is 3. The van der Waals surface area contributed by atoms with Crippen LogP contribution in [0.3, 0.4) is 0 Å². The highest BCUT2D eigenvalue weighted by atomic mass is 19.4. The Morgan fingerprint density at radius 1 is 1.30 bits per heavy atom. The average Bonchev–Trinajstić information content (AvgIpc) is 3.03. The van der Waals surface area contributed by atoms with Gasteiger partial charge in [0.2, 0.25) is 0 Å². The van der Waals surface area contributed by atoms with Gasteiger partial charge in [0.15, 0.2) is 0 Å². The SMILES string of the molecule is COC(=O)c1c[nH]c2cc(NC(=O)N3CCC(CC(F)(F)F)CC3)ccc12. The summed E-state index contributed by atoms with van der Waals surface area (Å²) in [6, 6.07) is 4.70. The highest BCUT2D eigenvalue weighted by molar-refractivity contribution is 6.05. The van der Waals surface area contributed by atoms with E-state index in [9.17, 15) is 22.8 Å². The first-order chi connectivity index (χ1) is 12.8. The van der Waals surface area contributed by atoms with E-state index in [0.717, 1.165) is 0 Å². The number of likely N-dealkylation sites (tertiary alicyclic amines) is 1. The molecular formula is C18H20F3N3O3. The quantitative estimate of drug-likeness (QED) is 0.782. The number of urea groups is 1. The van der Waals surface area contributed by atoms with Gasteiger partial charge in [0.25, 0.3) is 0 Å². The number of carbonyl (C=O) groups is 2. The Labute approximate surface area is 153 Å². The lowest BCUT2D eigenvalue weighted by molar-refractivity contribution is -0.147. The third-order valence-corrected chi connectivity index (χ3v) is 4.76. The zero-order valence-corrected chi connectivity index (χ0v) is 14.7. The lowest BCUT2D eigenvalue weighted by Gasteiger charge is -2.32. The number of aromatic nitrogens is 1. The second-order valence-electron chi connectivity index (χ2n) is 6.63. The number of rotatable bonds is 3. The van der Waals surface area contributed by atoms with Crippen LogP contribution in [0.5, 0.6) is 0 Å². The molecule has 0 aliphatic carbocycles. The Kier molecular flexibility index (Phi) is 5.29. The number of nitrogens with one attached hydrogen (secondary N) is 2. The first kappa shape index (κ1) is 19.1. The van der Waals surface area contributed by atoms with Crippen molar-refractivity contribution >= 4 is 28.6 Å². The van der Waals surface area contributed by atoms with Crippen molar-refractivity contribution in [3.8, 4) is 0 Å². The number of hydrogen-bond acceptors (Lipinski definition) is 3. The molecule has 2 aromatic rings. The molecule has 1 aliphatic rings. The van der Waals surface area contributed by atoms with Crippen LogP contribution in [-0.2, 0) is 4.74 Å². The molecule has 1 fully saturated rings. The minimum absolute atomic E-state index is 0.295. The summed E-state index contributed by atoms with van der Waals surface area (Å²) in [6.07, 6.45) is -2.75. The molecule has 0 bridgehead atoms. The highest BCUT2D eigenvalue weighted by Crippen LogP contribution is 2.31. The first-order valence-corrected chi connectivity index (χ1v) is 8.59. The fourth-order valence-corrected chi connectivity index (χ4v) is 3.35. The van der Waals surface area contributed by atoms with E-state index in [0.29, 0.717) is 48.1 Å². The lowest BCUT2D eigenvalue weighted by atomic mass is 9.93. The van der Waals surface area contributed by atoms with Crippen molar-refractivity contribution in [2.24, 2.45) is 5.92 Å². The summed E-state index contributed by atoms with van der Waals surface area (Å²) in [6.45, 7) is 0.591. The fraction of sp³-hybridized carbons (Fsp3) is 0.444. The number of halogens is 3. The maximum Gasteiger partial charge on any atom is 0.389 e. The molecule has 6 nitrogen and oxygen atoms in total. The van der Waals surface area contributed by atoms with Crippen molar-refractivity contribution in [3.63, 3.8) is 0 Å². The van der Waals surface area contributed by atoms with Gasteiger partial charge in [-0.1, -0.05) is 0 Å². The molecule has 1 aromatic heterocycles. The van der Waals surface area contributed by atoms with Gasteiger partial charge in [-0.2, -0.15) is 13.2 Å². The summed E-state index contributed by atoms with van der Waals surface area (Å²) in [5, 5.41) is 3.42. The van der Waals surface area contributed by atoms with Gasteiger partial charge in [0.1, 0.15) is 0 Å². The van der Waals surface area contributed by atoms with E-state index in [2.05, 4.69) is 10.3 Å². The number of methoxy groups -OCH3 is 1. The van der Waals surface area contributed by atoms with Crippen LogP contribution in [0.1, 0.15) is 29.6 Å². The van der Waals surface area contributed by atoms with Crippen molar-refractivity contribution in [3.05, 3.63) is 30.0 Å². The van der Waals surface area contributed by atoms with Crippen LogP contribution < -0.4 is 5.32 Å². The van der Waals surface area contributed by atoms with Crippen molar-refractivity contribution in [2.45, 2.75) is 25.4 Å². The summed E-state index contributed by atoms with van der Waals surface area (Å²) in [5.74, 6) is -0.888. The third-order valence-electron chi connectivity index (χ3n) is 4.76. The van der Waals surface area contributed by atoms with Crippen molar-refractivity contribution < 1.29 is 27.5 Å². The lowest BCUT2D eigenvalue weighted by Crippen LogP contribution is -2.41. The number of H-pyrrole nitrogens is 1. The molecule has 2 N–H and O–H groups in total. The number of ether oxygens (including phenoxy) is 1. The van der Waals surface area contributed by atoms with Gasteiger partial charge in [-0.05, 0) is 37.0 Å². The molecule has 0 unspecified atom stereocenters. The Hall–Kier alpha value is -2.71. The first-order valence-electron chi connectivity index (χ1n) is 8.59. The molecule has 1 aromatic carbocycles. The predicted octanol–water partition coefficient (Wildman–Crippen LogP) is 4.15. The summed E-state index contributed by atoms with van der Waals surface area (Å²) in [7, 11) is 1.30. The normalized spacial score (nSPS) is 15.8. The molecule has 1 aliphatic heterocycles. The van der Waals surface area contributed by atoms with Crippen LogP contribution in [0.4, 0.5) is 23.7 Å². The van der Waals surface area contributed by atoms with Crippen LogP contribution in [0.2, 0.25) is 0 Å². The Bertz CT molecular complexity index is 839. The molecule has 0 saturated carbocycles. The molecule has 27 heavy (non-hydrogen) atoms. The topological polar surface area (TPSA) is 74.4 Å². The number of hydrogen-bond donors (Lipinski definition) is 2. The number of piperidine rings is 1. The molecule has 146 valence electrons. The molecule has 2 heterocycles.